The molecule has 0 atom stereocenters. The Morgan fingerprint density at radius 3 is 2.12 bits per heavy atom. The van der Waals surface area contributed by atoms with E-state index in [2.05, 4.69) is 26.6 Å². The molecular weight excluding hydrogens is 284 g/mol. The van der Waals surface area contributed by atoms with Crippen molar-refractivity contribution in [2.24, 2.45) is 0 Å². The quantitative estimate of drug-likeness (QED) is 0.811. The van der Waals surface area contributed by atoms with Crippen LogP contribution in [0, 0.1) is 0 Å². The van der Waals surface area contributed by atoms with Crippen LogP contribution in [0.2, 0.25) is 0 Å². The van der Waals surface area contributed by atoms with Gasteiger partial charge >= 0.3 is 0 Å². The Hall–Kier alpha value is -1.36. The van der Waals surface area contributed by atoms with Crippen LogP contribution in [0.25, 0.3) is 0 Å². The predicted molar refractivity (Wildman–Crippen MR) is 70.6 cm³/mol. The number of hydrogen-bond donors (Lipinski definition) is 2. The van der Waals surface area contributed by atoms with Gasteiger partial charge in [-0.2, -0.15) is 0 Å². The number of carbonyl (C=O) groups excluding carboxylic acids is 2. The van der Waals surface area contributed by atoms with Crippen molar-refractivity contribution in [3.63, 3.8) is 0 Å². The number of benzene rings is 1. The highest BCUT2D eigenvalue weighted by molar-refractivity contribution is 9.09. The van der Waals surface area contributed by atoms with Gasteiger partial charge in [0.2, 0.25) is 0 Å². The minimum absolute atomic E-state index is 0.225. The fourth-order valence-corrected chi connectivity index (χ4v) is 1.59. The minimum atomic E-state index is -0.230. The highest BCUT2D eigenvalue weighted by atomic mass is 79.9. The van der Waals surface area contributed by atoms with Gasteiger partial charge in [0.05, 0.1) is 11.1 Å². The summed E-state index contributed by atoms with van der Waals surface area (Å²) in [6.07, 6.45) is 0. The number of alkyl halides is 1. The molecule has 2 amide bonds. The van der Waals surface area contributed by atoms with Gasteiger partial charge < -0.3 is 10.6 Å². The monoisotopic (exact) mass is 298 g/mol. The van der Waals surface area contributed by atoms with Crippen molar-refractivity contribution in [2.75, 3.05) is 18.4 Å². The van der Waals surface area contributed by atoms with Crippen LogP contribution in [0.1, 0.15) is 27.6 Å². The Morgan fingerprint density at radius 2 is 1.65 bits per heavy atom. The third-order valence-corrected chi connectivity index (χ3v) is 2.53. The minimum Gasteiger partial charge on any atom is -0.352 e. The van der Waals surface area contributed by atoms with Crippen LogP contribution in [-0.2, 0) is 0 Å². The van der Waals surface area contributed by atoms with Crippen LogP contribution in [0.4, 0.5) is 0 Å². The largest absolute Gasteiger partial charge is 0.352 e. The standard InChI is InChI=1S/C12H15BrN2O2/c1-2-14-11(16)9-5-3-4-6-10(9)12(17)15-8-7-13/h3-6H,2,7-8H2,1H3,(H,14,16)(H,15,17). The van der Waals surface area contributed by atoms with Gasteiger partial charge in [-0.15, -0.1) is 0 Å². The van der Waals surface area contributed by atoms with Gasteiger partial charge in [0.1, 0.15) is 0 Å². The molecule has 0 fully saturated rings. The summed E-state index contributed by atoms with van der Waals surface area (Å²) in [6, 6.07) is 6.78. The number of rotatable bonds is 5. The van der Waals surface area contributed by atoms with E-state index in [0.29, 0.717) is 29.5 Å². The fourth-order valence-electron chi connectivity index (χ4n) is 1.39. The van der Waals surface area contributed by atoms with Gasteiger partial charge in [-0.1, -0.05) is 28.1 Å². The van der Waals surface area contributed by atoms with E-state index in [1.54, 1.807) is 24.3 Å². The summed E-state index contributed by atoms with van der Waals surface area (Å²) in [7, 11) is 0. The fraction of sp³-hybridized carbons (Fsp3) is 0.333. The first-order valence-corrected chi connectivity index (χ1v) is 6.54. The zero-order valence-corrected chi connectivity index (χ0v) is 11.2. The lowest BCUT2D eigenvalue weighted by molar-refractivity contribution is 0.0922. The topological polar surface area (TPSA) is 58.2 Å². The van der Waals surface area contributed by atoms with Crippen LogP contribution in [0.3, 0.4) is 0 Å². The van der Waals surface area contributed by atoms with Gasteiger partial charge in [0, 0.05) is 18.4 Å². The Bertz CT molecular complexity index is 407. The maximum absolute atomic E-state index is 11.8. The van der Waals surface area contributed by atoms with Crippen molar-refractivity contribution < 1.29 is 9.59 Å². The average Bonchev–Trinajstić information content (AvgIpc) is 2.36. The number of halogens is 1. The summed E-state index contributed by atoms with van der Waals surface area (Å²) < 4.78 is 0. The third-order valence-electron chi connectivity index (χ3n) is 2.13. The zero-order chi connectivity index (χ0) is 12.7. The van der Waals surface area contributed by atoms with E-state index in [1.165, 1.54) is 0 Å². The van der Waals surface area contributed by atoms with Crippen LogP contribution >= 0.6 is 15.9 Å². The van der Waals surface area contributed by atoms with Crippen molar-refractivity contribution in [2.45, 2.75) is 6.92 Å². The van der Waals surface area contributed by atoms with Gasteiger partial charge in [-0.05, 0) is 19.1 Å². The molecule has 0 bridgehead atoms. The molecule has 1 rings (SSSR count). The first-order chi connectivity index (χ1) is 8.20. The van der Waals surface area contributed by atoms with Gasteiger partial charge in [-0.3, -0.25) is 9.59 Å². The molecule has 0 aromatic heterocycles. The molecule has 0 aliphatic carbocycles. The molecule has 2 N–H and O–H groups in total. The van der Waals surface area contributed by atoms with Crippen LogP contribution < -0.4 is 10.6 Å². The summed E-state index contributed by atoms with van der Waals surface area (Å²) in [4.78, 5) is 23.6. The van der Waals surface area contributed by atoms with Crippen LogP contribution in [0.15, 0.2) is 24.3 Å². The Kier molecular flexibility index (Phi) is 5.69. The van der Waals surface area contributed by atoms with E-state index in [9.17, 15) is 9.59 Å². The molecule has 17 heavy (non-hydrogen) atoms. The number of nitrogens with one attached hydrogen (secondary N) is 2. The molecule has 0 saturated carbocycles. The summed E-state index contributed by atoms with van der Waals surface area (Å²) in [6.45, 7) is 2.91. The molecular formula is C12H15BrN2O2. The van der Waals surface area contributed by atoms with Gasteiger partial charge in [0.15, 0.2) is 0 Å². The van der Waals surface area contributed by atoms with Crippen molar-refractivity contribution >= 4 is 27.7 Å². The van der Waals surface area contributed by atoms with E-state index < -0.39 is 0 Å². The Morgan fingerprint density at radius 1 is 1.12 bits per heavy atom. The molecule has 0 heterocycles. The van der Waals surface area contributed by atoms with Gasteiger partial charge in [0.25, 0.3) is 11.8 Å². The molecule has 1 aromatic carbocycles. The van der Waals surface area contributed by atoms with Crippen molar-refractivity contribution in [3.8, 4) is 0 Å². The van der Waals surface area contributed by atoms with Crippen molar-refractivity contribution in [3.05, 3.63) is 35.4 Å². The molecule has 0 radical (unpaired) electrons. The van der Waals surface area contributed by atoms with Gasteiger partial charge in [-0.25, -0.2) is 0 Å². The Balaban J connectivity index is 2.91. The smallest absolute Gasteiger partial charge is 0.252 e. The van der Waals surface area contributed by atoms with Crippen molar-refractivity contribution in [1.82, 2.24) is 10.6 Å². The number of amides is 2. The molecule has 0 saturated heterocycles. The van der Waals surface area contributed by atoms with E-state index >= 15 is 0 Å². The first kappa shape index (κ1) is 13.7. The summed E-state index contributed by atoms with van der Waals surface area (Å²) >= 11 is 3.23. The van der Waals surface area contributed by atoms with Crippen LogP contribution in [-0.4, -0.2) is 30.2 Å². The summed E-state index contributed by atoms with van der Waals surface area (Å²) in [5, 5.41) is 6.09. The molecule has 1 aromatic rings. The highest BCUT2D eigenvalue weighted by Gasteiger charge is 2.15. The Labute approximate surface area is 109 Å². The second-order valence-electron chi connectivity index (χ2n) is 3.35. The third kappa shape index (κ3) is 3.85. The lowest BCUT2D eigenvalue weighted by Gasteiger charge is -2.09. The maximum Gasteiger partial charge on any atom is 0.252 e. The lowest BCUT2D eigenvalue weighted by atomic mass is 10.1. The molecule has 0 unspecified atom stereocenters. The highest BCUT2D eigenvalue weighted by Crippen LogP contribution is 2.08. The lowest BCUT2D eigenvalue weighted by Crippen LogP contribution is -2.30. The van der Waals surface area contributed by atoms with E-state index in [1.807, 2.05) is 6.92 Å². The van der Waals surface area contributed by atoms with E-state index in [0.717, 1.165) is 0 Å². The first-order valence-electron chi connectivity index (χ1n) is 5.42. The summed E-state index contributed by atoms with van der Waals surface area (Å²) in [5.41, 5.74) is 0.806. The molecule has 0 aliphatic rings. The second-order valence-corrected chi connectivity index (χ2v) is 4.14. The molecule has 5 heteroatoms. The normalized spacial score (nSPS) is 9.76. The van der Waals surface area contributed by atoms with Crippen LogP contribution in [0.5, 0.6) is 0 Å². The summed E-state index contributed by atoms with van der Waals surface area (Å²) in [5.74, 6) is -0.455. The second kappa shape index (κ2) is 7.06. The predicted octanol–water partition coefficient (Wildman–Crippen LogP) is 1.56. The van der Waals surface area contributed by atoms with Crippen molar-refractivity contribution in [1.29, 1.82) is 0 Å². The molecule has 92 valence electrons. The van der Waals surface area contributed by atoms with E-state index in [4.69, 9.17) is 0 Å². The zero-order valence-electron chi connectivity index (χ0n) is 9.63. The SMILES string of the molecule is CCNC(=O)c1ccccc1C(=O)NCCBr. The number of carbonyl (C=O) groups is 2. The number of hydrogen-bond acceptors (Lipinski definition) is 2. The molecule has 0 aliphatic heterocycles. The maximum atomic E-state index is 11.8. The molecule has 0 spiro atoms. The molecule has 4 nitrogen and oxygen atoms in total. The van der Waals surface area contributed by atoms with E-state index in [-0.39, 0.29) is 11.8 Å². The average molecular weight is 299 g/mol.